The minimum absolute atomic E-state index is 0.645. The lowest BCUT2D eigenvalue weighted by atomic mass is 9.86. The molecule has 0 spiro atoms. The fraction of sp³-hybridized carbons (Fsp3) is 0.389. The van der Waals surface area contributed by atoms with Crippen molar-refractivity contribution >= 4 is 0 Å². The highest BCUT2D eigenvalue weighted by molar-refractivity contribution is 5.64. The molecule has 0 saturated heterocycles. The van der Waals surface area contributed by atoms with E-state index in [0.29, 0.717) is 6.04 Å². The van der Waals surface area contributed by atoms with Gasteiger partial charge in [-0.1, -0.05) is 31.2 Å². The van der Waals surface area contributed by atoms with Crippen LogP contribution in [0.1, 0.15) is 30.9 Å². The molecule has 104 valence electrons. The Morgan fingerprint density at radius 2 is 2.15 bits per heavy atom. The van der Waals surface area contributed by atoms with Crippen LogP contribution in [0, 0.1) is 0 Å². The Hall–Kier alpha value is -1.67. The Balaban J connectivity index is 1.82. The van der Waals surface area contributed by atoms with Gasteiger partial charge in [-0.25, -0.2) is 0 Å². The predicted molar refractivity (Wildman–Crippen MR) is 83.8 cm³/mol. The molecule has 2 aromatic rings. The highest BCUT2D eigenvalue weighted by atomic mass is 14.9. The molecule has 1 aromatic carbocycles. The molecular weight excluding hydrogens is 244 g/mol. The van der Waals surface area contributed by atoms with Crippen LogP contribution in [-0.2, 0) is 12.8 Å². The fourth-order valence-electron chi connectivity index (χ4n) is 2.99. The Morgan fingerprint density at radius 3 is 2.95 bits per heavy atom. The van der Waals surface area contributed by atoms with Crippen LogP contribution < -0.4 is 5.32 Å². The van der Waals surface area contributed by atoms with Crippen LogP contribution in [0.5, 0.6) is 0 Å². The summed E-state index contributed by atoms with van der Waals surface area (Å²) in [6.07, 6.45) is 8.59. The number of fused-ring (bicyclic) bond motifs is 1. The molecule has 1 aliphatic rings. The van der Waals surface area contributed by atoms with Crippen LogP contribution >= 0.6 is 0 Å². The zero-order valence-electron chi connectivity index (χ0n) is 12.1. The largest absolute Gasteiger partial charge is 0.314 e. The number of hydrogen-bond donors (Lipinski definition) is 1. The third-order valence-corrected chi connectivity index (χ3v) is 4.11. The summed E-state index contributed by atoms with van der Waals surface area (Å²) in [6.45, 7) is 3.35. The molecule has 0 aliphatic heterocycles. The van der Waals surface area contributed by atoms with Crippen LogP contribution in [0.3, 0.4) is 0 Å². The van der Waals surface area contributed by atoms with Gasteiger partial charge < -0.3 is 5.32 Å². The maximum atomic E-state index is 4.22. The van der Waals surface area contributed by atoms with Gasteiger partial charge in [0.05, 0.1) is 0 Å². The van der Waals surface area contributed by atoms with Crippen LogP contribution in [0.2, 0.25) is 0 Å². The summed E-state index contributed by atoms with van der Waals surface area (Å²) in [5, 5.41) is 3.66. The molecule has 1 unspecified atom stereocenters. The van der Waals surface area contributed by atoms with Crippen molar-refractivity contribution in [3.8, 4) is 11.1 Å². The monoisotopic (exact) mass is 266 g/mol. The van der Waals surface area contributed by atoms with Gasteiger partial charge in [0.25, 0.3) is 0 Å². The van der Waals surface area contributed by atoms with Gasteiger partial charge in [-0.05, 0) is 60.5 Å². The average molecular weight is 266 g/mol. The Labute approximate surface area is 121 Å². The zero-order chi connectivity index (χ0) is 13.8. The third-order valence-electron chi connectivity index (χ3n) is 4.11. The van der Waals surface area contributed by atoms with E-state index in [1.54, 1.807) is 0 Å². The molecule has 0 fully saturated rings. The van der Waals surface area contributed by atoms with E-state index in [-0.39, 0.29) is 0 Å². The van der Waals surface area contributed by atoms with E-state index in [2.05, 4.69) is 41.5 Å². The first-order valence-corrected chi connectivity index (χ1v) is 7.62. The second kappa shape index (κ2) is 6.19. The smallest absolute Gasteiger partial charge is 0.0346 e. The first kappa shape index (κ1) is 13.3. The standard InChI is InChI=1S/C18H22N2/c1-2-9-20-18-8-7-14-5-6-15(11-17(14)12-18)16-4-3-10-19-13-16/h3-6,10-11,13,18,20H,2,7-9,12H2,1H3. The Morgan fingerprint density at radius 1 is 1.20 bits per heavy atom. The van der Waals surface area contributed by atoms with E-state index >= 15 is 0 Å². The van der Waals surface area contributed by atoms with Crippen LogP contribution in [0.25, 0.3) is 11.1 Å². The van der Waals surface area contributed by atoms with Crippen molar-refractivity contribution in [3.05, 3.63) is 53.9 Å². The maximum Gasteiger partial charge on any atom is 0.0346 e. The van der Waals surface area contributed by atoms with Gasteiger partial charge in [0.2, 0.25) is 0 Å². The lowest BCUT2D eigenvalue weighted by Crippen LogP contribution is -2.34. The zero-order valence-corrected chi connectivity index (χ0v) is 12.1. The molecule has 0 bridgehead atoms. The number of hydrogen-bond acceptors (Lipinski definition) is 2. The molecule has 1 atom stereocenters. The van der Waals surface area contributed by atoms with Crippen molar-refractivity contribution < 1.29 is 0 Å². The molecule has 3 rings (SSSR count). The highest BCUT2D eigenvalue weighted by Gasteiger charge is 2.18. The first-order chi connectivity index (χ1) is 9.86. The number of aromatic nitrogens is 1. The molecule has 1 heterocycles. The minimum Gasteiger partial charge on any atom is -0.314 e. The second-order valence-electron chi connectivity index (χ2n) is 5.62. The molecule has 2 nitrogen and oxygen atoms in total. The second-order valence-corrected chi connectivity index (χ2v) is 5.62. The molecule has 0 saturated carbocycles. The SMILES string of the molecule is CCCNC1CCc2ccc(-c3cccnc3)cc2C1. The third kappa shape index (κ3) is 2.91. The summed E-state index contributed by atoms with van der Waals surface area (Å²) in [5.41, 5.74) is 5.52. The number of nitrogens with zero attached hydrogens (tertiary/aromatic N) is 1. The van der Waals surface area contributed by atoms with Crippen molar-refractivity contribution in [1.29, 1.82) is 0 Å². The van der Waals surface area contributed by atoms with Crippen LogP contribution in [0.4, 0.5) is 0 Å². The molecular formula is C18H22N2. The van der Waals surface area contributed by atoms with Crippen molar-refractivity contribution in [3.63, 3.8) is 0 Å². The van der Waals surface area contributed by atoms with E-state index < -0.39 is 0 Å². The van der Waals surface area contributed by atoms with Gasteiger partial charge in [0.15, 0.2) is 0 Å². The lowest BCUT2D eigenvalue weighted by Gasteiger charge is -2.26. The van der Waals surface area contributed by atoms with Gasteiger partial charge in [-0.3, -0.25) is 4.98 Å². The van der Waals surface area contributed by atoms with E-state index in [1.807, 2.05) is 18.5 Å². The highest BCUT2D eigenvalue weighted by Crippen LogP contribution is 2.27. The fourth-order valence-corrected chi connectivity index (χ4v) is 2.99. The number of rotatable bonds is 4. The van der Waals surface area contributed by atoms with Gasteiger partial charge >= 0.3 is 0 Å². The van der Waals surface area contributed by atoms with Crippen molar-refractivity contribution in [2.45, 2.75) is 38.6 Å². The van der Waals surface area contributed by atoms with E-state index in [0.717, 1.165) is 13.0 Å². The number of nitrogens with one attached hydrogen (secondary N) is 1. The van der Waals surface area contributed by atoms with Crippen molar-refractivity contribution in [2.24, 2.45) is 0 Å². The summed E-state index contributed by atoms with van der Waals surface area (Å²) in [6, 6.07) is 11.7. The van der Waals surface area contributed by atoms with Gasteiger partial charge in [0, 0.05) is 18.4 Å². The minimum atomic E-state index is 0.645. The molecule has 2 heteroatoms. The molecule has 0 amide bonds. The number of aryl methyl sites for hydroxylation is 1. The Kier molecular flexibility index (Phi) is 4.12. The van der Waals surface area contributed by atoms with Crippen molar-refractivity contribution in [2.75, 3.05) is 6.54 Å². The van der Waals surface area contributed by atoms with Crippen LogP contribution in [-0.4, -0.2) is 17.6 Å². The topological polar surface area (TPSA) is 24.9 Å². The van der Waals surface area contributed by atoms with E-state index in [1.165, 1.54) is 41.5 Å². The normalized spacial score (nSPS) is 17.8. The van der Waals surface area contributed by atoms with E-state index in [4.69, 9.17) is 0 Å². The summed E-state index contributed by atoms with van der Waals surface area (Å²) in [4.78, 5) is 4.22. The maximum absolute atomic E-state index is 4.22. The van der Waals surface area contributed by atoms with Gasteiger partial charge in [-0.15, -0.1) is 0 Å². The molecule has 20 heavy (non-hydrogen) atoms. The lowest BCUT2D eigenvalue weighted by molar-refractivity contribution is 0.459. The van der Waals surface area contributed by atoms with Crippen LogP contribution in [0.15, 0.2) is 42.7 Å². The van der Waals surface area contributed by atoms with Gasteiger partial charge in [0.1, 0.15) is 0 Å². The first-order valence-electron chi connectivity index (χ1n) is 7.62. The summed E-state index contributed by atoms with van der Waals surface area (Å²) in [5.74, 6) is 0. The molecule has 1 aromatic heterocycles. The predicted octanol–water partition coefficient (Wildman–Crippen LogP) is 3.61. The molecule has 1 N–H and O–H groups in total. The summed E-state index contributed by atoms with van der Waals surface area (Å²) in [7, 11) is 0. The molecule has 1 aliphatic carbocycles. The van der Waals surface area contributed by atoms with E-state index in [9.17, 15) is 0 Å². The summed E-state index contributed by atoms with van der Waals surface area (Å²) < 4.78 is 0. The molecule has 0 radical (unpaired) electrons. The Bertz CT molecular complexity index is 563. The van der Waals surface area contributed by atoms with Gasteiger partial charge in [-0.2, -0.15) is 0 Å². The number of pyridine rings is 1. The van der Waals surface area contributed by atoms with Crippen molar-refractivity contribution in [1.82, 2.24) is 10.3 Å². The summed E-state index contributed by atoms with van der Waals surface area (Å²) >= 11 is 0. The quantitative estimate of drug-likeness (QED) is 0.914. The number of benzene rings is 1. The average Bonchev–Trinajstić information content (AvgIpc) is 2.53.